The first-order valence-electron chi connectivity index (χ1n) is 4.45. The molecule has 3 unspecified atom stereocenters. The van der Waals surface area contributed by atoms with Gasteiger partial charge in [-0.3, -0.25) is 0 Å². The molecule has 0 aromatic rings. The van der Waals surface area contributed by atoms with Crippen molar-refractivity contribution in [1.82, 2.24) is 0 Å². The second-order valence-corrected chi connectivity index (χ2v) is 3.24. The third-order valence-corrected chi connectivity index (χ3v) is 2.62. The van der Waals surface area contributed by atoms with Gasteiger partial charge in [0.25, 0.3) is 0 Å². The number of thiol groups is 1. The number of aliphatic hydroxyl groups excluding tert-OH is 1. The van der Waals surface area contributed by atoms with Gasteiger partial charge in [0.15, 0.2) is 0 Å². The van der Waals surface area contributed by atoms with Gasteiger partial charge < -0.3 is 5.11 Å². The summed E-state index contributed by atoms with van der Waals surface area (Å²) in [6, 6.07) is 0. The first-order chi connectivity index (χ1) is 5.09. The summed E-state index contributed by atoms with van der Waals surface area (Å²) < 4.78 is 0. The summed E-state index contributed by atoms with van der Waals surface area (Å²) in [6.45, 7) is 9.91. The van der Waals surface area contributed by atoms with Crippen molar-refractivity contribution >= 4 is 12.6 Å². The van der Waals surface area contributed by atoms with Crippen molar-refractivity contribution in [2.45, 2.75) is 52.4 Å². The predicted molar refractivity (Wildman–Crippen MR) is 55.3 cm³/mol. The molecule has 2 heteroatoms. The molecule has 0 aliphatic rings. The van der Waals surface area contributed by atoms with Crippen LogP contribution in [0.3, 0.4) is 0 Å². The SMILES string of the molecule is CC.CCC(S)C(C)C(C)O. The van der Waals surface area contributed by atoms with Crippen LogP contribution in [0.4, 0.5) is 0 Å². The quantitative estimate of drug-likeness (QED) is 0.637. The molecule has 0 amide bonds. The van der Waals surface area contributed by atoms with Crippen molar-refractivity contribution < 1.29 is 5.11 Å². The molecule has 1 nitrogen and oxygen atoms in total. The second kappa shape index (κ2) is 8.41. The molecule has 1 N–H and O–H groups in total. The van der Waals surface area contributed by atoms with Crippen LogP contribution in [-0.4, -0.2) is 16.5 Å². The highest BCUT2D eigenvalue weighted by Gasteiger charge is 2.15. The molecule has 0 radical (unpaired) electrons. The van der Waals surface area contributed by atoms with Crippen LogP contribution >= 0.6 is 12.6 Å². The van der Waals surface area contributed by atoms with Gasteiger partial charge in [0.2, 0.25) is 0 Å². The Labute approximate surface area is 76.6 Å². The predicted octanol–water partition coefficient (Wildman–Crippen LogP) is 2.74. The van der Waals surface area contributed by atoms with E-state index in [0.29, 0.717) is 11.2 Å². The summed E-state index contributed by atoms with van der Waals surface area (Å²) in [5.74, 6) is 0.304. The second-order valence-electron chi connectivity index (χ2n) is 2.58. The Bertz CT molecular complexity index is 74.0. The average molecular weight is 178 g/mol. The summed E-state index contributed by atoms with van der Waals surface area (Å²) in [4.78, 5) is 0. The van der Waals surface area contributed by atoms with Gasteiger partial charge in [-0.2, -0.15) is 12.6 Å². The maximum Gasteiger partial charge on any atom is 0.0548 e. The third-order valence-electron chi connectivity index (χ3n) is 1.79. The molecule has 0 aliphatic heterocycles. The molecule has 0 fully saturated rings. The average Bonchev–Trinajstić information content (AvgIpc) is 2.05. The Morgan fingerprint density at radius 2 is 1.64 bits per heavy atom. The van der Waals surface area contributed by atoms with Crippen molar-refractivity contribution in [3.63, 3.8) is 0 Å². The molecular formula is C9H22OS. The van der Waals surface area contributed by atoms with E-state index in [1.54, 1.807) is 0 Å². The van der Waals surface area contributed by atoms with Crippen LogP contribution in [0.25, 0.3) is 0 Å². The third kappa shape index (κ3) is 6.70. The van der Waals surface area contributed by atoms with Gasteiger partial charge in [-0.25, -0.2) is 0 Å². The van der Waals surface area contributed by atoms with E-state index in [1.807, 2.05) is 27.7 Å². The lowest BCUT2D eigenvalue weighted by atomic mass is 10.0. The van der Waals surface area contributed by atoms with Gasteiger partial charge in [-0.05, 0) is 19.3 Å². The Morgan fingerprint density at radius 1 is 1.27 bits per heavy atom. The van der Waals surface area contributed by atoms with Crippen LogP contribution in [0.1, 0.15) is 41.0 Å². The highest BCUT2D eigenvalue weighted by molar-refractivity contribution is 7.81. The van der Waals surface area contributed by atoms with Gasteiger partial charge in [-0.1, -0.05) is 27.7 Å². The topological polar surface area (TPSA) is 20.2 Å². The van der Waals surface area contributed by atoms with Gasteiger partial charge in [-0.15, -0.1) is 0 Å². The summed E-state index contributed by atoms with van der Waals surface area (Å²) in [7, 11) is 0. The molecule has 0 aliphatic carbocycles. The van der Waals surface area contributed by atoms with Gasteiger partial charge in [0, 0.05) is 5.25 Å². The van der Waals surface area contributed by atoms with Crippen molar-refractivity contribution in [3.8, 4) is 0 Å². The van der Waals surface area contributed by atoms with E-state index in [0.717, 1.165) is 6.42 Å². The van der Waals surface area contributed by atoms with Crippen molar-refractivity contribution in [2.24, 2.45) is 5.92 Å². The Hall–Kier alpha value is 0.310. The van der Waals surface area contributed by atoms with E-state index in [1.165, 1.54) is 0 Å². The highest BCUT2D eigenvalue weighted by atomic mass is 32.1. The maximum absolute atomic E-state index is 9.07. The fourth-order valence-corrected chi connectivity index (χ4v) is 0.942. The summed E-state index contributed by atoms with van der Waals surface area (Å²) in [6.07, 6.45) is 0.794. The lowest BCUT2D eigenvalue weighted by Gasteiger charge is -2.19. The van der Waals surface area contributed by atoms with Crippen molar-refractivity contribution in [2.75, 3.05) is 0 Å². The summed E-state index contributed by atoms with van der Waals surface area (Å²) in [5, 5.41) is 9.41. The molecule has 11 heavy (non-hydrogen) atoms. The van der Waals surface area contributed by atoms with E-state index < -0.39 is 0 Å². The van der Waals surface area contributed by atoms with E-state index in [4.69, 9.17) is 5.11 Å². The van der Waals surface area contributed by atoms with Crippen molar-refractivity contribution in [1.29, 1.82) is 0 Å². The van der Waals surface area contributed by atoms with Crippen LogP contribution in [-0.2, 0) is 0 Å². The minimum absolute atomic E-state index is 0.229. The fourth-order valence-electron chi connectivity index (χ4n) is 0.693. The molecule has 3 atom stereocenters. The lowest BCUT2D eigenvalue weighted by molar-refractivity contribution is 0.133. The molecular weight excluding hydrogens is 156 g/mol. The normalized spacial score (nSPS) is 17.7. The van der Waals surface area contributed by atoms with Crippen LogP contribution in [0, 0.1) is 5.92 Å². The number of hydrogen-bond acceptors (Lipinski definition) is 2. The van der Waals surface area contributed by atoms with E-state index in [-0.39, 0.29) is 6.10 Å². The fraction of sp³-hybridized carbons (Fsp3) is 1.00. The van der Waals surface area contributed by atoms with Crippen LogP contribution in [0.15, 0.2) is 0 Å². The number of aliphatic hydroxyl groups is 1. The number of hydrogen-bond donors (Lipinski definition) is 2. The zero-order valence-corrected chi connectivity index (χ0v) is 9.23. The van der Waals surface area contributed by atoms with Gasteiger partial charge in [0.05, 0.1) is 6.10 Å². The summed E-state index contributed by atoms with van der Waals surface area (Å²) in [5.41, 5.74) is 0. The van der Waals surface area contributed by atoms with Gasteiger partial charge >= 0.3 is 0 Å². The smallest absolute Gasteiger partial charge is 0.0548 e. The maximum atomic E-state index is 9.07. The monoisotopic (exact) mass is 178 g/mol. The molecule has 0 bridgehead atoms. The first kappa shape index (κ1) is 13.9. The van der Waals surface area contributed by atoms with Crippen LogP contribution in [0.2, 0.25) is 0 Å². The standard InChI is InChI=1S/C7H16OS.C2H6/c1-4-7(9)5(2)6(3)8;1-2/h5-9H,4H2,1-3H3;1-2H3. The highest BCUT2D eigenvalue weighted by Crippen LogP contribution is 2.16. The minimum Gasteiger partial charge on any atom is -0.393 e. The van der Waals surface area contributed by atoms with Crippen LogP contribution < -0.4 is 0 Å². The largest absolute Gasteiger partial charge is 0.393 e. The number of rotatable bonds is 3. The Balaban J connectivity index is 0. The zero-order chi connectivity index (χ0) is 9.44. The minimum atomic E-state index is -0.229. The molecule has 0 aromatic carbocycles. The zero-order valence-electron chi connectivity index (χ0n) is 8.33. The van der Waals surface area contributed by atoms with Crippen molar-refractivity contribution in [3.05, 3.63) is 0 Å². The van der Waals surface area contributed by atoms with Gasteiger partial charge in [0.1, 0.15) is 0 Å². The Kier molecular flexibility index (Phi) is 10.6. The van der Waals surface area contributed by atoms with E-state index >= 15 is 0 Å². The molecule has 0 heterocycles. The van der Waals surface area contributed by atoms with Crippen LogP contribution in [0.5, 0.6) is 0 Å². The molecule has 0 aromatic heterocycles. The lowest BCUT2D eigenvalue weighted by Crippen LogP contribution is -2.22. The van der Waals surface area contributed by atoms with E-state index in [2.05, 4.69) is 19.6 Å². The molecule has 0 rings (SSSR count). The molecule has 0 spiro atoms. The first-order valence-corrected chi connectivity index (χ1v) is 4.97. The van der Waals surface area contributed by atoms with E-state index in [9.17, 15) is 0 Å². The summed E-state index contributed by atoms with van der Waals surface area (Å²) >= 11 is 4.30. The molecule has 70 valence electrons. The molecule has 0 saturated heterocycles. The Morgan fingerprint density at radius 3 is 1.73 bits per heavy atom. The molecule has 0 saturated carbocycles.